The molecule has 0 amide bonds. The number of hydrogen-bond acceptors (Lipinski definition) is 4. The lowest BCUT2D eigenvalue weighted by Crippen LogP contribution is -2.37. The lowest BCUT2D eigenvalue weighted by molar-refractivity contribution is -0.148. The topological polar surface area (TPSA) is 58.6 Å². The van der Waals surface area contributed by atoms with E-state index in [0.29, 0.717) is 19.1 Å². The van der Waals surface area contributed by atoms with Gasteiger partial charge in [-0.15, -0.1) is 0 Å². The second-order valence-corrected chi connectivity index (χ2v) is 4.34. The smallest absolute Gasteiger partial charge is 0.323 e. The average molecular weight is 201 g/mol. The monoisotopic (exact) mass is 201 g/mol. The lowest BCUT2D eigenvalue weighted by Gasteiger charge is -2.16. The van der Waals surface area contributed by atoms with Gasteiger partial charge in [0.05, 0.1) is 12.7 Å². The number of rotatable bonds is 3. The molecule has 4 heteroatoms. The van der Waals surface area contributed by atoms with Gasteiger partial charge in [0.1, 0.15) is 6.04 Å². The number of aliphatic hydroxyl groups excluding tert-OH is 1. The van der Waals surface area contributed by atoms with E-state index in [2.05, 4.69) is 5.32 Å². The van der Waals surface area contributed by atoms with Gasteiger partial charge in [-0.1, -0.05) is 20.8 Å². The zero-order chi connectivity index (χ0) is 10.7. The van der Waals surface area contributed by atoms with Crippen molar-refractivity contribution in [3.63, 3.8) is 0 Å². The molecule has 2 N–H and O–H groups in total. The number of nitrogens with one attached hydrogen (secondary N) is 1. The van der Waals surface area contributed by atoms with E-state index < -0.39 is 6.10 Å². The Morgan fingerprint density at radius 3 is 2.71 bits per heavy atom. The quantitative estimate of drug-likeness (QED) is 0.638. The standard InChI is InChI=1S/C10H19NO3/c1-6(2)5-14-10(13)9-7(3)8(12)4-11-9/h6-9,11-12H,4-5H2,1-3H3/t7-,8+,9+/m1/s1. The van der Waals surface area contributed by atoms with Crippen molar-refractivity contribution in [2.45, 2.75) is 32.9 Å². The first-order valence-corrected chi connectivity index (χ1v) is 5.10. The van der Waals surface area contributed by atoms with Crippen molar-refractivity contribution in [3.8, 4) is 0 Å². The van der Waals surface area contributed by atoms with Crippen LogP contribution in [-0.4, -0.2) is 36.4 Å². The Bertz CT molecular complexity index is 206. The van der Waals surface area contributed by atoms with Gasteiger partial charge in [0.25, 0.3) is 0 Å². The molecular weight excluding hydrogens is 182 g/mol. The van der Waals surface area contributed by atoms with E-state index in [1.807, 2.05) is 20.8 Å². The molecule has 1 aliphatic rings. The van der Waals surface area contributed by atoms with E-state index in [4.69, 9.17) is 4.74 Å². The summed E-state index contributed by atoms with van der Waals surface area (Å²) in [5, 5.41) is 12.4. The molecule has 82 valence electrons. The van der Waals surface area contributed by atoms with E-state index >= 15 is 0 Å². The number of ether oxygens (including phenoxy) is 1. The molecule has 14 heavy (non-hydrogen) atoms. The molecule has 0 bridgehead atoms. The number of carbonyl (C=O) groups is 1. The molecule has 3 atom stereocenters. The molecule has 0 aromatic carbocycles. The Hall–Kier alpha value is -0.610. The minimum absolute atomic E-state index is 0.0605. The highest BCUT2D eigenvalue weighted by Crippen LogP contribution is 2.16. The predicted molar refractivity (Wildman–Crippen MR) is 52.8 cm³/mol. The number of hydrogen-bond donors (Lipinski definition) is 2. The molecule has 0 radical (unpaired) electrons. The first-order chi connectivity index (χ1) is 6.52. The molecule has 0 spiro atoms. The predicted octanol–water partition coefficient (Wildman–Crippen LogP) is 0.154. The number of aliphatic hydroxyl groups is 1. The van der Waals surface area contributed by atoms with Crippen molar-refractivity contribution in [2.75, 3.05) is 13.2 Å². The maximum atomic E-state index is 11.5. The van der Waals surface area contributed by atoms with Crippen molar-refractivity contribution < 1.29 is 14.6 Å². The summed E-state index contributed by atoms with van der Waals surface area (Å²) >= 11 is 0. The first kappa shape index (κ1) is 11.5. The Kier molecular flexibility index (Phi) is 3.89. The highest BCUT2D eigenvalue weighted by molar-refractivity contribution is 5.76. The fourth-order valence-corrected chi connectivity index (χ4v) is 1.48. The number of carbonyl (C=O) groups excluding carboxylic acids is 1. The van der Waals surface area contributed by atoms with Gasteiger partial charge in [0, 0.05) is 12.5 Å². The number of β-amino-alcohol motifs (C(OH)–C–C–N with tert-alkyl or cyclic N) is 1. The summed E-state index contributed by atoms with van der Waals surface area (Å²) in [4.78, 5) is 11.5. The molecule has 0 saturated carbocycles. The largest absolute Gasteiger partial charge is 0.464 e. The third-order valence-corrected chi connectivity index (χ3v) is 2.49. The maximum absolute atomic E-state index is 11.5. The fraction of sp³-hybridized carbons (Fsp3) is 0.900. The zero-order valence-electron chi connectivity index (χ0n) is 8.99. The molecule has 0 aromatic heterocycles. The summed E-state index contributed by atoms with van der Waals surface area (Å²) in [5.74, 6) is 0.0398. The van der Waals surface area contributed by atoms with E-state index in [-0.39, 0.29) is 17.9 Å². The van der Waals surface area contributed by atoms with E-state index in [1.54, 1.807) is 0 Å². The Balaban J connectivity index is 2.38. The second kappa shape index (κ2) is 4.75. The molecule has 1 aliphatic heterocycles. The van der Waals surface area contributed by atoms with Crippen molar-refractivity contribution in [2.24, 2.45) is 11.8 Å². The van der Waals surface area contributed by atoms with Gasteiger partial charge < -0.3 is 15.2 Å². The molecule has 0 aromatic rings. The molecular formula is C10H19NO3. The maximum Gasteiger partial charge on any atom is 0.323 e. The van der Waals surface area contributed by atoms with Crippen LogP contribution in [0.3, 0.4) is 0 Å². The van der Waals surface area contributed by atoms with Crippen molar-refractivity contribution in [3.05, 3.63) is 0 Å². The van der Waals surface area contributed by atoms with Crippen LogP contribution in [0.15, 0.2) is 0 Å². The van der Waals surface area contributed by atoms with Crippen LogP contribution in [-0.2, 0) is 9.53 Å². The Labute approximate surface area is 84.6 Å². The van der Waals surface area contributed by atoms with Crippen LogP contribution in [0.1, 0.15) is 20.8 Å². The third-order valence-electron chi connectivity index (χ3n) is 2.49. The van der Waals surface area contributed by atoms with Gasteiger partial charge in [0.2, 0.25) is 0 Å². The summed E-state index contributed by atoms with van der Waals surface area (Å²) in [6.45, 7) is 6.76. The molecule has 1 fully saturated rings. The summed E-state index contributed by atoms with van der Waals surface area (Å²) in [6.07, 6.45) is -0.438. The Morgan fingerprint density at radius 2 is 2.29 bits per heavy atom. The molecule has 4 nitrogen and oxygen atoms in total. The summed E-state index contributed by atoms with van der Waals surface area (Å²) < 4.78 is 5.09. The third kappa shape index (κ3) is 2.69. The van der Waals surface area contributed by atoms with Gasteiger partial charge in [0.15, 0.2) is 0 Å². The van der Waals surface area contributed by atoms with E-state index in [0.717, 1.165) is 0 Å². The second-order valence-electron chi connectivity index (χ2n) is 4.34. The summed E-state index contributed by atoms with van der Waals surface area (Å²) in [7, 11) is 0. The van der Waals surface area contributed by atoms with Crippen LogP contribution < -0.4 is 5.32 Å². The van der Waals surface area contributed by atoms with Gasteiger partial charge in [-0.3, -0.25) is 4.79 Å². The van der Waals surface area contributed by atoms with Gasteiger partial charge in [-0.2, -0.15) is 0 Å². The minimum Gasteiger partial charge on any atom is -0.464 e. The lowest BCUT2D eigenvalue weighted by atomic mass is 10.0. The van der Waals surface area contributed by atoms with Crippen molar-refractivity contribution >= 4 is 5.97 Å². The Morgan fingerprint density at radius 1 is 1.64 bits per heavy atom. The highest BCUT2D eigenvalue weighted by atomic mass is 16.5. The number of esters is 1. The van der Waals surface area contributed by atoms with E-state index in [9.17, 15) is 9.90 Å². The molecule has 1 heterocycles. The fourth-order valence-electron chi connectivity index (χ4n) is 1.48. The van der Waals surface area contributed by atoms with Crippen molar-refractivity contribution in [1.29, 1.82) is 0 Å². The summed E-state index contributed by atoms with van der Waals surface area (Å²) in [5.41, 5.74) is 0. The van der Waals surface area contributed by atoms with Gasteiger partial charge >= 0.3 is 5.97 Å². The van der Waals surface area contributed by atoms with Crippen LogP contribution in [0.4, 0.5) is 0 Å². The van der Waals surface area contributed by atoms with E-state index in [1.165, 1.54) is 0 Å². The van der Waals surface area contributed by atoms with Crippen LogP contribution >= 0.6 is 0 Å². The zero-order valence-corrected chi connectivity index (χ0v) is 8.99. The van der Waals surface area contributed by atoms with Gasteiger partial charge in [-0.05, 0) is 5.92 Å². The summed E-state index contributed by atoms with van der Waals surface area (Å²) in [6, 6.07) is -0.344. The molecule has 1 saturated heterocycles. The molecule has 0 aliphatic carbocycles. The van der Waals surface area contributed by atoms with Crippen molar-refractivity contribution in [1.82, 2.24) is 5.32 Å². The first-order valence-electron chi connectivity index (χ1n) is 5.10. The van der Waals surface area contributed by atoms with Gasteiger partial charge in [-0.25, -0.2) is 0 Å². The molecule has 0 unspecified atom stereocenters. The normalized spacial score (nSPS) is 32.2. The van der Waals surface area contributed by atoms with Crippen LogP contribution in [0.5, 0.6) is 0 Å². The van der Waals surface area contributed by atoms with Crippen LogP contribution in [0.25, 0.3) is 0 Å². The average Bonchev–Trinajstić information content (AvgIpc) is 2.44. The highest BCUT2D eigenvalue weighted by Gasteiger charge is 2.36. The SMILES string of the molecule is CC(C)COC(=O)[C@H]1NC[C@H](O)[C@H]1C. The van der Waals surface area contributed by atoms with Crippen LogP contribution in [0, 0.1) is 11.8 Å². The van der Waals surface area contributed by atoms with Crippen LogP contribution in [0.2, 0.25) is 0 Å². The minimum atomic E-state index is -0.438. The molecule has 1 rings (SSSR count).